The number of guanidine groups is 1. The van der Waals surface area contributed by atoms with Crippen LogP contribution < -0.4 is 59.7 Å². The van der Waals surface area contributed by atoms with Crippen molar-refractivity contribution in [1.29, 1.82) is 0 Å². The summed E-state index contributed by atoms with van der Waals surface area (Å²) in [5.74, 6) is -6.78. The van der Waals surface area contributed by atoms with Gasteiger partial charge in [-0.1, -0.05) is 29.8 Å². The molecule has 1 heterocycles. The maximum absolute atomic E-state index is 13.4. The molecule has 4 atom stereocenters. The molecule has 1 aliphatic heterocycles. The number of hydrogen-bond acceptors (Lipinski definition) is 10. The smallest absolute Gasteiger partial charge is 0.243 e. The molecule has 9 amide bonds. The van der Waals surface area contributed by atoms with Gasteiger partial charge < -0.3 is 59.7 Å². The van der Waals surface area contributed by atoms with Gasteiger partial charge in [-0.15, -0.1) is 0 Å². The Morgan fingerprint density at radius 3 is 2.18 bits per heavy atom. The zero-order chi connectivity index (χ0) is 40.9. The third-order valence-electron chi connectivity index (χ3n) is 7.93. The van der Waals surface area contributed by atoms with Crippen LogP contribution in [-0.4, -0.2) is 116 Å². The van der Waals surface area contributed by atoms with Gasteiger partial charge in [-0.3, -0.25) is 48.1 Å². The van der Waals surface area contributed by atoms with Gasteiger partial charge in [0.2, 0.25) is 53.2 Å². The summed E-state index contributed by atoms with van der Waals surface area (Å²) < 4.78 is 0. The van der Waals surface area contributed by atoms with Crippen molar-refractivity contribution < 1.29 is 43.2 Å². The third kappa shape index (κ3) is 18.1. The lowest BCUT2D eigenvalue weighted by Gasteiger charge is -2.23. The molecule has 1 fully saturated rings. The third-order valence-corrected chi connectivity index (χ3v) is 8.30. The molecule has 0 radical (unpaired) electrons. The second-order valence-corrected chi connectivity index (χ2v) is 12.9. The first-order chi connectivity index (χ1) is 26.0. The van der Waals surface area contributed by atoms with E-state index in [4.69, 9.17) is 28.8 Å². The highest BCUT2D eigenvalue weighted by molar-refractivity contribution is 6.31. The van der Waals surface area contributed by atoms with E-state index in [1.165, 1.54) is 6.92 Å². The van der Waals surface area contributed by atoms with E-state index in [-0.39, 0.29) is 57.6 Å². The summed E-state index contributed by atoms with van der Waals surface area (Å²) in [7, 11) is 0. The van der Waals surface area contributed by atoms with Crippen LogP contribution >= 0.6 is 11.6 Å². The van der Waals surface area contributed by atoms with Gasteiger partial charge in [0, 0.05) is 37.9 Å². The van der Waals surface area contributed by atoms with Crippen LogP contribution in [0.5, 0.6) is 0 Å². The number of hydrogen-bond donors (Lipinski definition) is 11. The van der Waals surface area contributed by atoms with E-state index < -0.39 is 97.0 Å². The van der Waals surface area contributed by atoms with Gasteiger partial charge in [0.25, 0.3) is 0 Å². The van der Waals surface area contributed by atoms with Crippen molar-refractivity contribution in [2.24, 2.45) is 22.2 Å². The molecule has 0 saturated carbocycles. The number of nitrogens with zero attached hydrogens (tertiary/aromatic N) is 1. The molecule has 22 heteroatoms. The highest BCUT2D eigenvalue weighted by Crippen LogP contribution is 2.17. The molecule has 1 saturated heterocycles. The first kappa shape index (κ1) is 45.2. The van der Waals surface area contributed by atoms with Crippen LogP contribution in [0, 0.1) is 0 Å². The van der Waals surface area contributed by atoms with Gasteiger partial charge in [0.1, 0.15) is 24.2 Å². The van der Waals surface area contributed by atoms with E-state index in [9.17, 15) is 43.2 Å². The van der Waals surface area contributed by atoms with Gasteiger partial charge in [-0.25, -0.2) is 0 Å². The molecule has 55 heavy (non-hydrogen) atoms. The molecular formula is C33H49ClN12O9. The topological polar surface area (TPSA) is 340 Å². The van der Waals surface area contributed by atoms with Crippen LogP contribution in [-0.2, 0) is 49.6 Å². The minimum Gasteiger partial charge on any atom is -0.370 e. The molecule has 0 spiro atoms. The quantitative estimate of drug-likeness (QED) is 0.0609. The maximum atomic E-state index is 13.4. The standard InChI is InChI=1S/C33H49ClN12O9/c1-18(47)43-23(9-5-13-39-33(36)37)32(55)46-22-8-4-12-38-25(48)11-10-21(29(35)52)44-27(50)16-40-26(49)15-41-31(54)24(45-28(51)17-42-30(22)53)14-19-6-2-3-7-20(19)34/h2-3,6-7,21-24H,4-5,8-17H2,1H3,(H2,35,52)(H,38,48)(H,40,49)(H,41,54)(H,42,53)(H,43,47)(H,44,50)(H,45,51)(H,46,55)(H4,36,37,39). The van der Waals surface area contributed by atoms with E-state index in [1.807, 2.05) is 0 Å². The number of rotatable bonds is 10. The Labute approximate surface area is 321 Å². The van der Waals surface area contributed by atoms with E-state index >= 15 is 0 Å². The minimum atomic E-state index is -1.28. The zero-order valence-corrected chi connectivity index (χ0v) is 31.1. The fraction of sp³-hybridized carbons (Fsp3) is 0.515. The lowest BCUT2D eigenvalue weighted by molar-refractivity contribution is -0.133. The molecule has 0 aliphatic carbocycles. The summed E-state index contributed by atoms with van der Waals surface area (Å²) in [5, 5.41) is 20.0. The van der Waals surface area contributed by atoms with Crippen molar-refractivity contribution in [3.8, 4) is 0 Å². The van der Waals surface area contributed by atoms with E-state index in [2.05, 4.69) is 47.5 Å². The van der Waals surface area contributed by atoms with Gasteiger partial charge in [0.15, 0.2) is 5.96 Å². The maximum Gasteiger partial charge on any atom is 0.243 e. The second-order valence-electron chi connectivity index (χ2n) is 12.4. The molecule has 0 bridgehead atoms. The first-order valence-electron chi connectivity index (χ1n) is 17.4. The molecule has 1 aliphatic rings. The molecule has 1 aromatic carbocycles. The van der Waals surface area contributed by atoms with Crippen LogP contribution in [0.3, 0.4) is 0 Å². The highest BCUT2D eigenvalue weighted by Gasteiger charge is 2.28. The SMILES string of the molecule is CC(=O)NC(CCCN=C(N)N)C(=O)NC1CCCNC(=O)CCC(C(N)=O)NC(=O)CNC(=O)CNC(=O)C(Cc2ccccc2Cl)NC(=O)CNC1=O. The van der Waals surface area contributed by atoms with Crippen molar-refractivity contribution >= 4 is 70.7 Å². The van der Waals surface area contributed by atoms with Crippen molar-refractivity contribution in [3.05, 3.63) is 34.9 Å². The fourth-order valence-corrected chi connectivity index (χ4v) is 5.36. The average molecular weight is 793 g/mol. The fourth-order valence-electron chi connectivity index (χ4n) is 5.15. The molecule has 302 valence electrons. The number of halogens is 1. The minimum absolute atomic E-state index is 0.0189. The first-order valence-corrected chi connectivity index (χ1v) is 17.8. The number of nitrogens with two attached hydrogens (primary N) is 3. The van der Waals surface area contributed by atoms with Crippen LogP contribution in [0.25, 0.3) is 0 Å². The number of nitrogens with one attached hydrogen (secondary N) is 8. The Morgan fingerprint density at radius 2 is 1.51 bits per heavy atom. The lowest BCUT2D eigenvalue weighted by Crippen LogP contribution is -2.55. The van der Waals surface area contributed by atoms with Gasteiger partial charge in [0.05, 0.1) is 19.6 Å². The van der Waals surface area contributed by atoms with E-state index in [0.29, 0.717) is 17.0 Å². The van der Waals surface area contributed by atoms with Gasteiger partial charge in [-0.05, 0) is 43.7 Å². The molecular weight excluding hydrogens is 744 g/mol. The Balaban J connectivity index is 2.31. The molecule has 0 aromatic heterocycles. The molecule has 21 nitrogen and oxygen atoms in total. The Bertz CT molecular complexity index is 1600. The monoisotopic (exact) mass is 792 g/mol. The Morgan fingerprint density at radius 1 is 0.855 bits per heavy atom. The van der Waals surface area contributed by atoms with Gasteiger partial charge in [-0.2, -0.15) is 0 Å². The van der Waals surface area contributed by atoms with Crippen LogP contribution in [0.4, 0.5) is 0 Å². The Kier molecular flexibility index (Phi) is 19.4. The predicted octanol–water partition coefficient (Wildman–Crippen LogP) is -4.58. The highest BCUT2D eigenvalue weighted by atomic mass is 35.5. The van der Waals surface area contributed by atoms with Crippen molar-refractivity contribution in [2.45, 2.75) is 76.0 Å². The summed E-state index contributed by atoms with van der Waals surface area (Å²) >= 11 is 6.29. The molecule has 1 aromatic rings. The summed E-state index contributed by atoms with van der Waals surface area (Å²) in [6.45, 7) is -0.427. The van der Waals surface area contributed by atoms with E-state index in [1.54, 1.807) is 24.3 Å². The summed E-state index contributed by atoms with van der Waals surface area (Å²) in [4.78, 5) is 118. The summed E-state index contributed by atoms with van der Waals surface area (Å²) in [6.07, 6.45) is 0.00272. The molecule has 2 rings (SSSR count). The average Bonchev–Trinajstić information content (AvgIpc) is 3.12. The number of carbonyl (C=O) groups excluding carboxylic acids is 9. The van der Waals surface area contributed by atoms with Gasteiger partial charge >= 0.3 is 0 Å². The van der Waals surface area contributed by atoms with Crippen molar-refractivity contribution in [1.82, 2.24) is 42.5 Å². The zero-order valence-electron chi connectivity index (χ0n) is 30.3. The largest absolute Gasteiger partial charge is 0.370 e. The predicted molar refractivity (Wildman–Crippen MR) is 198 cm³/mol. The number of amides is 9. The molecule has 14 N–H and O–H groups in total. The molecule has 4 unspecified atom stereocenters. The van der Waals surface area contributed by atoms with Crippen LogP contribution in [0.1, 0.15) is 51.0 Å². The van der Waals surface area contributed by atoms with E-state index in [0.717, 1.165) is 0 Å². The number of primary amides is 1. The van der Waals surface area contributed by atoms with Crippen molar-refractivity contribution in [3.63, 3.8) is 0 Å². The van der Waals surface area contributed by atoms with Crippen LogP contribution in [0.15, 0.2) is 29.3 Å². The number of carbonyl (C=O) groups is 9. The second kappa shape index (κ2) is 23.6. The number of benzene rings is 1. The Hall–Kier alpha value is -5.99. The summed E-state index contributed by atoms with van der Waals surface area (Å²) in [6, 6.07) is 1.68. The normalized spacial score (nSPS) is 20.4. The van der Waals surface area contributed by atoms with Crippen molar-refractivity contribution in [2.75, 3.05) is 32.7 Å². The van der Waals surface area contributed by atoms with Crippen LogP contribution in [0.2, 0.25) is 5.02 Å². The summed E-state index contributed by atoms with van der Waals surface area (Å²) in [5.41, 5.74) is 16.6. The lowest BCUT2D eigenvalue weighted by atomic mass is 10.0. The number of aliphatic imine (C=N–C) groups is 1.